The fourth-order valence-corrected chi connectivity index (χ4v) is 5.36. The molecule has 2 aromatic carbocycles. The lowest BCUT2D eigenvalue weighted by atomic mass is 10.0. The summed E-state index contributed by atoms with van der Waals surface area (Å²) < 4.78 is 32.4. The molecule has 0 fully saturated rings. The van der Waals surface area contributed by atoms with Gasteiger partial charge >= 0.3 is 0 Å². The van der Waals surface area contributed by atoms with Crippen LogP contribution in [0.1, 0.15) is 87.8 Å². The molecule has 0 unspecified atom stereocenters. The van der Waals surface area contributed by atoms with Gasteiger partial charge in [0.05, 0.1) is 20.9 Å². The lowest BCUT2D eigenvalue weighted by molar-refractivity contribution is 0.650. The lowest BCUT2D eigenvalue weighted by Crippen LogP contribution is -2.20. The highest BCUT2D eigenvalue weighted by Crippen LogP contribution is 2.28. The summed E-state index contributed by atoms with van der Waals surface area (Å²) in [5.74, 6) is 0. The van der Waals surface area contributed by atoms with E-state index in [4.69, 9.17) is 0 Å². The fourth-order valence-electron chi connectivity index (χ4n) is 4.03. The van der Waals surface area contributed by atoms with E-state index in [-0.39, 0.29) is 9.49 Å². The molecule has 4 rings (SSSR count). The maximum atomic E-state index is 12.0. The van der Waals surface area contributed by atoms with Gasteiger partial charge in [-0.15, -0.1) is 0 Å². The van der Waals surface area contributed by atoms with Crippen molar-refractivity contribution >= 4 is 33.4 Å². The summed E-state index contributed by atoms with van der Waals surface area (Å²) in [5, 5.41) is 0. The van der Waals surface area contributed by atoms with E-state index >= 15 is 0 Å². The van der Waals surface area contributed by atoms with Gasteiger partial charge in [0, 0.05) is 11.1 Å². The Balaban J connectivity index is 0.000000191. The van der Waals surface area contributed by atoms with Gasteiger partial charge in [0.1, 0.15) is 22.0 Å². The summed E-state index contributed by atoms with van der Waals surface area (Å²) >= 11 is 0. The molecular formula is C28H38N2O2S2. The molecule has 0 saturated heterocycles. The number of benzene rings is 2. The van der Waals surface area contributed by atoms with Gasteiger partial charge in [-0.1, -0.05) is 36.4 Å². The molecule has 34 heavy (non-hydrogen) atoms. The Morgan fingerprint density at radius 3 is 1.29 bits per heavy atom. The summed E-state index contributed by atoms with van der Waals surface area (Å²) in [4.78, 5) is 0. The van der Waals surface area contributed by atoms with E-state index in [9.17, 15) is 8.42 Å². The zero-order valence-corrected chi connectivity index (χ0v) is 23.5. The van der Waals surface area contributed by atoms with Gasteiger partial charge in [0.25, 0.3) is 0 Å². The number of aryl methyl sites for hydroxylation is 2. The molecule has 0 aromatic heterocycles. The molecular weight excluding hydrogens is 460 g/mol. The average Bonchev–Trinajstić information content (AvgIpc) is 3.33. The first-order chi connectivity index (χ1) is 15.8. The second-order valence-corrected chi connectivity index (χ2v) is 14.8. The van der Waals surface area contributed by atoms with Crippen molar-refractivity contribution in [2.75, 3.05) is 0 Å². The number of rotatable bonds is 2. The van der Waals surface area contributed by atoms with Crippen molar-refractivity contribution < 1.29 is 8.42 Å². The van der Waals surface area contributed by atoms with Crippen LogP contribution in [0.3, 0.4) is 0 Å². The number of hydrogen-bond donors (Lipinski definition) is 0. The molecule has 2 aliphatic carbocycles. The third-order valence-corrected chi connectivity index (χ3v) is 8.97. The van der Waals surface area contributed by atoms with Gasteiger partial charge in [-0.05, 0) is 103 Å². The molecule has 2 atom stereocenters. The monoisotopic (exact) mass is 498 g/mol. The lowest BCUT2D eigenvalue weighted by Gasteiger charge is -2.14. The van der Waals surface area contributed by atoms with E-state index in [0.717, 1.165) is 37.1 Å². The van der Waals surface area contributed by atoms with Crippen LogP contribution in [0, 0.1) is 13.8 Å². The molecule has 0 bridgehead atoms. The molecule has 0 heterocycles. The van der Waals surface area contributed by atoms with Crippen LogP contribution in [0.2, 0.25) is 0 Å². The molecule has 184 valence electrons. The Labute approximate surface area is 210 Å². The zero-order chi connectivity index (χ0) is 25.3. The maximum absolute atomic E-state index is 12.0. The summed E-state index contributed by atoms with van der Waals surface area (Å²) in [6.45, 7) is 16.0. The fraction of sp³-hybridized carbons (Fsp3) is 0.500. The predicted molar refractivity (Wildman–Crippen MR) is 148 cm³/mol. The first kappa shape index (κ1) is 26.7. The largest absolute Gasteiger partial charge is 0.234 e. The van der Waals surface area contributed by atoms with Crippen LogP contribution in [0.5, 0.6) is 0 Å². The van der Waals surface area contributed by atoms with Gasteiger partial charge in [-0.25, -0.2) is 8.42 Å². The molecule has 2 aromatic rings. The molecule has 0 amide bonds. The maximum Gasteiger partial charge on any atom is 0.145 e. The Hall–Kier alpha value is -1.92. The Kier molecular flexibility index (Phi) is 8.14. The van der Waals surface area contributed by atoms with E-state index in [0.29, 0.717) is 0 Å². The number of hydrogen-bond acceptors (Lipinski definition) is 2. The minimum absolute atomic E-state index is 0.278. The third-order valence-electron chi connectivity index (χ3n) is 6.10. The normalized spacial score (nSPS) is 19.4. The summed E-state index contributed by atoms with van der Waals surface area (Å²) in [6, 6.07) is 12.5. The first-order valence-corrected chi connectivity index (χ1v) is 14.2. The second kappa shape index (κ2) is 10.4. The predicted octanol–water partition coefficient (Wildman–Crippen LogP) is 6.39. The van der Waals surface area contributed by atoms with E-state index in [1.165, 1.54) is 33.4 Å². The standard InChI is InChI=1S/2C14H19NOS/c2*1-10-6-5-7-12-11(10)8-9-13(12)15-17(16)14(2,3)4/h2*5-7H,8-9H2,1-4H3/t2*17-/m10/s1. The molecule has 0 aliphatic heterocycles. The van der Waals surface area contributed by atoms with Crippen LogP contribution in [-0.4, -0.2) is 29.3 Å². The average molecular weight is 499 g/mol. The van der Waals surface area contributed by atoms with Crippen LogP contribution in [0.15, 0.2) is 45.2 Å². The summed E-state index contributed by atoms with van der Waals surface area (Å²) in [6.07, 6.45) is 3.90. The SMILES string of the molecule is Cc1cccc2c1CCC2=N[S@@](=O)C(C)(C)C.Cc1cccc2c1CCC2=N[S@](=O)C(C)(C)C. The highest BCUT2D eigenvalue weighted by atomic mass is 32.2. The van der Waals surface area contributed by atoms with E-state index in [1.807, 2.05) is 41.5 Å². The minimum Gasteiger partial charge on any atom is -0.234 e. The topological polar surface area (TPSA) is 58.9 Å². The molecule has 2 aliphatic rings. The van der Waals surface area contributed by atoms with E-state index < -0.39 is 22.0 Å². The van der Waals surface area contributed by atoms with E-state index in [1.54, 1.807) is 0 Å². The molecule has 0 N–H and O–H groups in total. The van der Waals surface area contributed by atoms with Crippen LogP contribution in [0.4, 0.5) is 0 Å². The van der Waals surface area contributed by atoms with Crippen LogP contribution < -0.4 is 0 Å². The van der Waals surface area contributed by atoms with Gasteiger partial charge in [-0.2, -0.15) is 8.80 Å². The highest BCUT2D eigenvalue weighted by Gasteiger charge is 2.25. The van der Waals surface area contributed by atoms with Crippen molar-refractivity contribution in [1.82, 2.24) is 0 Å². The third kappa shape index (κ3) is 6.19. The summed E-state index contributed by atoms with van der Waals surface area (Å²) in [7, 11) is -2.31. The van der Waals surface area contributed by atoms with Crippen molar-refractivity contribution in [1.29, 1.82) is 0 Å². The molecule has 0 radical (unpaired) electrons. The zero-order valence-electron chi connectivity index (χ0n) is 21.8. The molecule has 0 saturated carbocycles. The van der Waals surface area contributed by atoms with Crippen molar-refractivity contribution in [2.24, 2.45) is 8.80 Å². The van der Waals surface area contributed by atoms with Crippen molar-refractivity contribution in [3.63, 3.8) is 0 Å². The van der Waals surface area contributed by atoms with E-state index in [2.05, 4.69) is 59.0 Å². The quantitative estimate of drug-likeness (QED) is 0.482. The van der Waals surface area contributed by atoms with Crippen molar-refractivity contribution in [3.05, 3.63) is 69.8 Å². The summed E-state index contributed by atoms with van der Waals surface area (Å²) in [5.41, 5.74) is 9.79. The molecule has 4 nitrogen and oxygen atoms in total. The van der Waals surface area contributed by atoms with Crippen LogP contribution >= 0.6 is 0 Å². The minimum atomic E-state index is -1.15. The van der Waals surface area contributed by atoms with Crippen molar-refractivity contribution in [2.45, 2.75) is 90.6 Å². The molecule has 6 heteroatoms. The molecule has 0 spiro atoms. The number of nitrogens with zero attached hydrogens (tertiary/aromatic N) is 2. The van der Waals surface area contributed by atoms with Gasteiger partial charge < -0.3 is 0 Å². The van der Waals surface area contributed by atoms with Gasteiger partial charge in [0.2, 0.25) is 0 Å². The Morgan fingerprint density at radius 2 is 0.971 bits per heavy atom. The van der Waals surface area contributed by atoms with Gasteiger partial charge in [0.15, 0.2) is 0 Å². The van der Waals surface area contributed by atoms with Gasteiger partial charge in [-0.3, -0.25) is 0 Å². The number of fused-ring (bicyclic) bond motifs is 2. The smallest absolute Gasteiger partial charge is 0.145 e. The Bertz CT molecular complexity index is 1090. The highest BCUT2D eigenvalue weighted by molar-refractivity contribution is 7.85. The second-order valence-electron chi connectivity index (χ2n) is 11.0. The van der Waals surface area contributed by atoms with Crippen LogP contribution in [0.25, 0.3) is 0 Å². The Morgan fingerprint density at radius 1 is 0.618 bits per heavy atom. The first-order valence-electron chi connectivity index (χ1n) is 12.0. The van der Waals surface area contributed by atoms with Crippen molar-refractivity contribution in [3.8, 4) is 0 Å². The van der Waals surface area contributed by atoms with Crippen LogP contribution in [-0.2, 0) is 34.8 Å².